The van der Waals surface area contributed by atoms with E-state index in [1.807, 2.05) is 13.0 Å². The maximum atomic E-state index is 12.7. The van der Waals surface area contributed by atoms with Gasteiger partial charge in [0.05, 0.1) is 11.6 Å². The number of rotatable bonds is 2. The number of amides is 1. The molecule has 3 heterocycles. The second-order valence-electron chi connectivity index (χ2n) is 5.00. The van der Waals surface area contributed by atoms with Crippen LogP contribution in [0.4, 0.5) is 0 Å². The van der Waals surface area contributed by atoms with Gasteiger partial charge in [-0.15, -0.1) is 22.7 Å². The first kappa shape index (κ1) is 12.9. The predicted octanol–water partition coefficient (Wildman–Crippen LogP) is 4.40. The van der Waals surface area contributed by atoms with Crippen molar-refractivity contribution in [2.75, 3.05) is 6.54 Å². The molecule has 1 aliphatic rings. The maximum absolute atomic E-state index is 12.7. The molecule has 0 aliphatic carbocycles. The van der Waals surface area contributed by atoms with Crippen LogP contribution in [0.1, 0.15) is 43.9 Å². The number of hydrogen-bond donors (Lipinski definition) is 0. The lowest BCUT2D eigenvalue weighted by atomic mass is 10.1. The van der Waals surface area contributed by atoms with Crippen molar-refractivity contribution < 1.29 is 4.79 Å². The fourth-order valence-corrected chi connectivity index (χ4v) is 4.57. The van der Waals surface area contributed by atoms with Gasteiger partial charge in [0, 0.05) is 21.2 Å². The molecule has 4 heteroatoms. The molecular weight excluding hydrogens is 274 g/mol. The monoisotopic (exact) mass is 291 g/mol. The van der Waals surface area contributed by atoms with Crippen LogP contribution in [0.15, 0.2) is 23.6 Å². The lowest BCUT2D eigenvalue weighted by Crippen LogP contribution is -2.30. The number of hydrogen-bond acceptors (Lipinski definition) is 3. The van der Waals surface area contributed by atoms with Gasteiger partial charge in [-0.25, -0.2) is 0 Å². The standard InChI is InChI=1S/C15H17NOS2/c1-10-9-12(11(2)19-10)15(17)16-7-3-5-13(16)14-6-4-8-18-14/h4,6,8-9,13H,3,5,7H2,1-2H3. The van der Waals surface area contributed by atoms with Crippen molar-refractivity contribution in [1.82, 2.24) is 4.90 Å². The van der Waals surface area contributed by atoms with E-state index < -0.39 is 0 Å². The fraction of sp³-hybridized carbons (Fsp3) is 0.400. The van der Waals surface area contributed by atoms with Crippen molar-refractivity contribution in [1.29, 1.82) is 0 Å². The van der Waals surface area contributed by atoms with E-state index in [1.165, 1.54) is 9.75 Å². The highest BCUT2D eigenvalue weighted by Gasteiger charge is 2.32. The van der Waals surface area contributed by atoms with Crippen molar-refractivity contribution in [2.45, 2.75) is 32.7 Å². The summed E-state index contributed by atoms with van der Waals surface area (Å²) in [6.45, 7) is 4.99. The van der Waals surface area contributed by atoms with Gasteiger partial charge in [0.2, 0.25) is 0 Å². The van der Waals surface area contributed by atoms with Gasteiger partial charge in [-0.05, 0) is 44.2 Å². The van der Waals surface area contributed by atoms with Crippen LogP contribution in [-0.4, -0.2) is 17.4 Å². The van der Waals surface area contributed by atoms with E-state index in [0.29, 0.717) is 0 Å². The Kier molecular flexibility index (Phi) is 3.46. The van der Waals surface area contributed by atoms with Gasteiger partial charge in [0.15, 0.2) is 0 Å². The van der Waals surface area contributed by atoms with Crippen LogP contribution in [0, 0.1) is 13.8 Å². The average molecular weight is 291 g/mol. The van der Waals surface area contributed by atoms with Gasteiger partial charge < -0.3 is 4.90 Å². The molecular formula is C15H17NOS2. The minimum atomic E-state index is 0.206. The van der Waals surface area contributed by atoms with Crippen molar-refractivity contribution in [3.05, 3.63) is 43.8 Å². The van der Waals surface area contributed by atoms with Crippen LogP contribution < -0.4 is 0 Å². The summed E-state index contributed by atoms with van der Waals surface area (Å²) in [7, 11) is 0. The summed E-state index contributed by atoms with van der Waals surface area (Å²) >= 11 is 3.46. The molecule has 2 aromatic heterocycles. The van der Waals surface area contributed by atoms with E-state index in [1.54, 1.807) is 22.7 Å². The topological polar surface area (TPSA) is 20.3 Å². The molecule has 1 aliphatic heterocycles. The van der Waals surface area contributed by atoms with E-state index in [2.05, 4.69) is 29.3 Å². The zero-order valence-corrected chi connectivity index (χ0v) is 12.8. The van der Waals surface area contributed by atoms with Crippen molar-refractivity contribution in [3.63, 3.8) is 0 Å². The lowest BCUT2D eigenvalue weighted by Gasteiger charge is -2.23. The molecule has 1 atom stereocenters. The van der Waals surface area contributed by atoms with Crippen LogP contribution in [-0.2, 0) is 0 Å². The second kappa shape index (κ2) is 5.10. The minimum Gasteiger partial charge on any atom is -0.331 e. The molecule has 0 saturated carbocycles. The Balaban J connectivity index is 1.89. The number of carbonyl (C=O) groups excluding carboxylic acids is 1. The van der Waals surface area contributed by atoms with Crippen LogP contribution in [0.5, 0.6) is 0 Å². The van der Waals surface area contributed by atoms with Crippen molar-refractivity contribution in [3.8, 4) is 0 Å². The van der Waals surface area contributed by atoms with Gasteiger partial charge in [-0.1, -0.05) is 6.07 Å². The third-order valence-electron chi connectivity index (χ3n) is 3.66. The Morgan fingerprint density at radius 3 is 2.89 bits per heavy atom. The molecule has 2 nitrogen and oxygen atoms in total. The highest BCUT2D eigenvalue weighted by molar-refractivity contribution is 7.12. The maximum Gasteiger partial charge on any atom is 0.255 e. The highest BCUT2D eigenvalue weighted by atomic mass is 32.1. The number of nitrogens with zero attached hydrogens (tertiary/aromatic N) is 1. The van der Waals surface area contributed by atoms with Crippen LogP contribution in [0.3, 0.4) is 0 Å². The summed E-state index contributed by atoms with van der Waals surface area (Å²) in [6, 6.07) is 6.53. The zero-order chi connectivity index (χ0) is 13.4. The van der Waals surface area contributed by atoms with Crippen LogP contribution >= 0.6 is 22.7 Å². The average Bonchev–Trinajstić information content (AvgIpc) is 3.06. The Hall–Kier alpha value is -1.13. The number of likely N-dealkylation sites (tertiary alicyclic amines) is 1. The molecule has 19 heavy (non-hydrogen) atoms. The van der Waals surface area contributed by atoms with E-state index in [0.717, 1.165) is 29.8 Å². The van der Waals surface area contributed by atoms with Crippen molar-refractivity contribution >= 4 is 28.6 Å². The lowest BCUT2D eigenvalue weighted by molar-refractivity contribution is 0.0737. The Morgan fingerprint density at radius 2 is 2.26 bits per heavy atom. The minimum absolute atomic E-state index is 0.206. The van der Waals surface area contributed by atoms with Crippen molar-refractivity contribution in [2.24, 2.45) is 0 Å². The summed E-state index contributed by atoms with van der Waals surface area (Å²) in [6.07, 6.45) is 2.20. The molecule has 3 rings (SSSR count). The molecule has 1 saturated heterocycles. The molecule has 1 amide bonds. The molecule has 1 fully saturated rings. The first-order valence-corrected chi connectivity index (χ1v) is 8.28. The summed E-state index contributed by atoms with van der Waals surface area (Å²) in [5.74, 6) is 0.206. The van der Waals surface area contributed by atoms with Gasteiger partial charge in [-0.3, -0.25) is 4.79 Å². The first-order valence-electron chi connectivity index (χ1n) is 6.58. The quantitative estimate of drug-likeness (QED) is 0.803. The Bertz CT molecular complexity index is 585. The summed E-state index contributed by atoms with van der Waals surface area (Å²) in [5.41, 5.74) is 0.894. The van der Waals surface area contributed by atoms with E-state index in [4.69, 9.17) is 0 Å². The molecule has 0 bridgehead atoms. The summed E-state index contributed by atoms with van der Waals surface area (Å²) < 4.78 is 0. The number of carbonyl (C=O) groups is 1. The van der Waals surface area contributed by atoms with E-state index in [-0.39, 0.29) is 11.9 Å². The van der Waals surface area contributed by atoms with E-state index in [9.17, 15) is 4.79 Å². The normalized spacial score (nSPS) is 19.1. The SMILES string of the molecule is Cc1cc(C(=O)N2CCCC2c2cccs2)c(C)s1. The van der Waals surface area contributed by atoms with E-state index >= 15 is 0 Å². The molecule has 2 aromatic rings. The Morgan fingerprint density at radius 1 is 1.42 bits per heavy atom. The van der Waals surface area contributed by atoms with Crippen LogP contribution in [0.2, 0.25) is 0 Å². The summed E-state index contributed by atoms with van der Waals surface area (Å²) in [4.78, 5) is 18.4. The summed E-state index contributed by atoms with van der Waals surface area (Å²) in [5, 5.41) is 2.09. The number of aryl methyl sites for hydroxylation is 2. The third-order valence-corrected chi connectivity index (χ3v) is 5.60. The fourth-order valence-electron chi connectivity index (χ4n) is 2.78. The molecule has 0 N–H and O–H groups in total. The second-order valence-corrected chi connectivity index (χ2v) is 7.44. The predicted molar refractivity (Wildman–Crippen MR) is 81.1 cm³/mol. The zero-order valence-electron chi connectivity index (χ0n) is 11.2. The third kappa shape index (κ3) is 2.35. The van der Waals surface area contributed by atoms with Gasteiger partial charge in [-0.2, -0.15) is 0 Å². The highest BCUT2D eigenvalue weighted by Crippen LogP contribution is 2.36. The number of thiophene rings is 2. The molecule has 0 radical (unpaired) electrons. The molecule has 1 unspecified atom stereocenters. The van der Waals surface area contributed by atoms with Gasteiger partial charge in [0.25, 0.3) is 5.91 Å². The first-order chi connectivity index (χ1) is 9.16. The molecule has 0 spiro atoms. The van der Waals surface area contributed by atoms with Gasteiger partial charge >= 0.3 is 0 Å². The molecule has 100 valence electrons. The largest absolute Gasteiger partial charge is 0.331 e. The van der Waals surface area contributed by atoms with Gasteiger partial charge in [0.1, 0.15) is 0 Å². The van der Waals surface area contributed by atoms with Crippen LogP contribution in [0.25, 0.3) is 0 Å². The Labute approximate surface area is 121 Å². The smallest absolute Gasteiger partial charge is 0.255 e. The molecule has 0 aromatic carbocycles.